The topological polar surface area (TPSA) is 42.9 Å². The average molecular weight is 298 g/mol. The maximum atomic E-state index is 12.8. The highest BCUT2D eigenvalue weighted by Gasteiger charge is 2.12. The molecule has 3 nitrogen and oxygen atoms in total. The van der Waals surface area contributed by atoms with Crippen molar-refractivity contribution in [2.24, 2.45) is 0 Å². The third-order valence-electron chi connectivity index (χ3n) is 2.95. The first-order chi connectivity index (χ1) is 10.2. The van der Waals surface area contributed by atoms with Crippen molar-refractivity contribution in [3.63, 3.8) is 0 Å². The lowest BCUT2D eigenvalue weighted by Gasteiger charge is -1.98. The van der Waals surface area contributed by atoms with Crippen molar-refractivity contribution in [1.29, 1.82) is 0 Å². The summed E-state index contributed by atoms with van der Waals surface area (Å²) >= 11 is 1.44. The summed E-state index contributed by atoms with van der Waals surface area (Å²) in [5, 5.41) is 2.65. The van der Waals surface area contributed by atoms with Gasteiger partial charge in [-0.05, 0) is 12.1 Å². The van der Waals surface area contributed by atoms with Crippen LogP contribution in [0.25, 0.3) is 11.3 Å². The fourth-order valence-electron chi connectivity index (χ4n) is 1.90. The Morgan fingerprint density at radius 2 is 1.95 bits per heavy atom. The van der Waals surface area contributed by atoms with E-state index in [0.717, 1.165) is 22.5 Å². The molecule has 5 heteroatoms. The summed E-state index contributed by atoms with van der Waals surface area (Å²) in [6.45, 7) is 0. The van der Waals surface area contributed by atoms with E-state index in [4.69, 9.17) is 0 Å². The van der Waals surface area contributed by atoms with E-state index in [1.165, 1.54) is 23.5 Å². The lowest BCUT2D eigenvalue weighted by Crippen LogP contribution is -2.05. The number of pyridine rings is 1. The molecule has 0 unspecified atom stereocenters. The number of hydrogen-bond donors (Lipinski definition) is 0. The van der Waals surface area contributed by atoms with Gasteiger partial charge < -0.3 is 0 Å². The van der Waals surface area contributed by atoms with Gasteiger partial charge in [-0.2, -0.15) is 0 Å². The van der Waals surface area contributed by atoms with Crippen LogP contribution < -0.4 is 0 Å². The van der Waals surface area contributed by atoms with E-state index in [2.05, 4.69) is 9.97 Å². The van der Waals surface area contributed by atoms with Gasteiger partial charge in [-0.1, -0.05) is 30.3 Å². The fourth-order valence-corrected chi connectivity index (χ4v) is 2.70. The number of benzene rings is 1. The van der Waals surface area contributed by atoms with Crippen LogP contribution in [0.5, 0.6) is 0 Å². The highest BCUT2D eigenvalue weighted by Crippen LogP contribution is 2.22. The Kier molecular flexibility index (Phi) is 3.83. The molecule has 0 atom stereocenters. The van der Waals surface area contributed by atoms with Crippen LogP contribution in [-0.2, 0) is 6.42 Å². The first-order valence-electron chi connectivity index (χ1n) is 6.37. The number of thiazole rings is 1. The van der Waals surface area contributed by atoms with Crippen LogP contribution in [0.2, 0.25) is 0 Å². The summed E-state index contributed by atoms with van der Waals surface area (Å²) in [4.78, 5) is 20.3. The summed E-state index contributed by atoms with van der Waals surface area (Å²) in [5.41, 5.74) is 2.13. The van der Waals surface area contributed by atoms with Gasteiger partial charge in [0.1, 0.15) is 16.5 Å². The predicted molar refractivity (Wildman–Crippen MR) is 79.8 cm³/mol. The molecule has 0 aliphatic rings. The molecule has 0 amide bonds. The van der Waals surface area contributed by atoms with Crippen molar-refractivity contribution < 1.29 is 9.18 Å². The minimum absolute atomic E-state index is 0.163. The summed E-state index contributed by atoms with van der Waals surface area (Å²) in [6, 6.07) is 12.4. The number of nitrogens with zero attached hydrogens (tertiary/aromatic N) is 2. The van der Waals surface area contributed by atoms with Gasteiger partial charge in [-0.25, -0.2) is 9.37 Å². The molecule has 0 bridgehead atoms. The molecule has 104 valence electrons. The quantitative estimate of drug-likeness (QED) is 0.689. The largest absolute Gasteiger partial charge is 0.292 e. The van der Waals surface area contributed by atoms with Crippen molar-refractivity contribution in [3.8, 4) is 11.3 Å². The van der Waals surface area contributed by atoms with Gasteiger partial charge in [-0.15, -0.1) is 11.3 Å². The van der Waals surface area contributed by atoms with Gasteiger partial charge in [0.25, 0.3) is 0 Å². The van der Waals surface area contributed by atoms with Crippen LogP contribution in [-0.4, -0.2) is 15.8 Å². The van der Waals surface area contributed by atoms with E-state index in [1.807, 2.05) is 35.7 Å². The van der Waals surface area contributed by atoms with Gasteiger partial charge in [-0.3, -0.25) is 9.78 Å². The Bertz CT molecular complexity index is 753. The molecule has 0 saturated carbocycles. The lowest BCUT2D eigenvalue weighted by molar-refractivity contribution is 0.0988. The van der Waals surface area contributed by atoms with Crippen LogP contribution in [0.3, 0.4) is 0 Å². The van der Waals surface area contributed by atoms with E-state index in [-0.39, 0.29) is 17.9 Å². The second-order valence-corrected chi connectivity index (χ2v) is 5.40. The number of halogens is 1. The molecule has 0 N–H and O–H groups in total. The van der Waals surface area contributed by atoms with Crippen molar-refractivity contribution in [1.82, 2.24) is 9.97 Å². The molecule has 0 radical (unpaired) electrons. The average Bonchev–Trinajstić information content (AvgIpc) is 2.97. The van der Waals surface area contributed by atoms with E-state index >= 15 is 0 Å². The first kappa shape index (κ1) is 13.6. The van der Waals surface area contributed by atoms with Crippen LogP contribution in [0, 0.1) is 5.82 Å². The molecule has 2 heterocycles. The minimum Gasteiger partial charge on any atom is -0.292 e. The monoisotopic (exact) mass is 298 g/mol. The van der Waals surface area contributed by atoms with Crippen LogP contribution in [0.4, 0.5) is 4.39 Å². The van der Waals surface area contributed by atoms with Gasteiger partial charge in [0.05, 0.1) is 18.3 Å². The van der Waals surface area contributed by atoms with Crippen molar-refractivity contribution >= 4 is 17.1 Å². The Hall–Kier alpha value is -2.40. The molecule has 0 spiro atoms. The molecule has 3 aromatic rings. The predicted octanol–water partition coefficient (Wildman–Crippen LogP) is 3.77. The zero-order valence-corrected chi connectivity index (χ0v) is 11.8. The Morgan fingerprint density at radius 3 is 2.67 bits per heavy atom. The molecular formula is C16H11FN2OS. The molecule has 0 aliphatic carbocycles. The standard InChI is InChI=1S/C16H11FN2OS/c17-12-6-7-13(18-9-12)15(20)8-16-19-14(10-21-16)11-4-2-1-3-5-11/h1-7,9-10H,8H2. The maximum absolute atomic E-state index is 12.8. The summed E-state index contributed by atoms with van der Waals surface area (Å²) in [5.74, 6) is -0.615. The van der Waals surface area contributed by atoms with Crippen molar-refractivity contribution in [2.45, 2.75) is 6.42 Å². The number of rotatable bonds is 4. The van der Waals surface area contributed by atoms with Gasteiger partial charge in [0.2, 0.25) is 0 Å². The number of carbonyl (C=O) groups excluding carboxylic acids is 1. The highest BCUT2D eigenvalue weighted by atomic mass is 32.1. The second-order valence-electron chi connectivity index (χ2n) is 4.45. The van der Waals surface area contributed by atoms with E-state index in [0.29, 0.717) is 0 Å². The van der Waals surface area contributed by atoms with Crippen molar-refractivity contribution in [3.05, 3.63) is 70.6 Å². The first-order valence-corrected chi connectivity index (χ1v) is 7.25. The van der Waals surface area contributed by atoms with E-state index < -0.39 is 5.82 Å². The van der Waals surface area contributed by atoms with Crippen LogP contribution in [0.1, 0.15) is 15.5 Å². The zero-order valence-electron chi connectivity index (χ0n) is 11.0. The highest BCUT2D eigenvalue weighted by molar-refractivity contribution is 7.10. The second kappa shape index (κ2) is 5.93. The van der Waals surface area contributed by atoms with Gasteiger partial charge in [0, 0.05) is 10.9 Å². The Morgan fingerprint density at radius 1 is 1.14 bits per heavy atom. The molecule has 0 saturated heterocycles. The Labute approximate surface area is 125 Å². The van der Waals surface area contributed by atoms with Crippen LogP contribution in [0.15, 0.2) is 54.0 Å². The van der Waals surface area contributed by atoms with Crippen LogP contribution >= 0.6 is 11.3 Å². The molecule has 0 aliphatic heterocycles. The summed E-state index contributed by atoms with van der Waals surface area (Å²) < 4.78 is 12.8. The molecule has 21 heavy (non-hydrogen) atoms. The fraction of sp³-hybridized carbons (Fsp3) is 0.0625. The minimum atomic E-state index is -0.452. The molecule has 0 fully saturated rings. The number of carbonyl (C=O) groups is 1. The third kappa shape index (κ3) is 3.20. The smallest absolute Gasteiger partial charge is 0.187 e. The third-order valence-corrected chi connectivity index (χ3v) is 3.79. The van der Waals surface area contributed by atoms with Gasteiger partial charge in [0.15, 0.2) is 5.78 Å². The summed E-state index contributed by atoms with van der Waals surface area (Å²) in [7, 11) is 0. The molecular weight excluding hydrogens is 287 g/mol. The maximum Gasteiger partial charge on any atom is 0.187 e. The number of Topliss-reactive ketones (excluding diaryl/α,β-unsaturated/α-hetero) is 1. The molecule has 3 rings (SSSR count). The molecule has 1 aromatic carbocycles. The number of aromatic nitrogens is 2. The zero-order chi connectivity index (χ0) is 14.7. The number of ketones is 1. The summed E-state index contributed by atoms with van der Waals surface area (Å²) in [6.07, 6.45) is 1.22. The van der Waals surface area contributed by atoms with E-state index in [9.17, 15) is 9.18 Å². The Balaban J connectivity index is 1.75. The van der Waals surface area contributed by atoms with Gasteiger partial charge >= 0.3 is 0 Å². The SMILES string of the molecule is O=C(Cc1nc(-c2ccccc2)cs1)c1ccc(F)cn1. The normalized spacial score (nSPS) is 10.5. The number of hydrogen-bond acceptors (Lipinski definition) is 4. The van der Waals surface area contributed by atoms with Crippen molar-refractivity contribution in [2.75, 3.05) is 0 Å². The lowest BCUT2D eigenvalue weighted by atomic mass is 10.2. The molecule has 2 aromatic heterocycles. The van der Waals surface area contributed by atoms with E-state index in [1.54, 1.807) is 0 Å².